The van der Waals surface area contributed by atoms with Gasteiger partial charge in [0.15, 0.2) is 5.78 Å². The lowest BCUT2D eigenvalue weighted by Crippen LogP contribution is -2.16. The van der Waals surface area contributed by atoms with Crippen molar-refractivity contribution in [3.63, 3.8) is 0 Å². The summed E-state index contributed by atoms with van der Waals surface area (Å²) in [7, 11) is 0. The fourth-order valence-electron chi connectivity index (χ4n) is 1.35. The molecule has 0 atom stereocenters. The van der Waals surface area contributed by atoms with Gasteiger partial charge in [-0.2, -0.15) is 0 Å². The maximum Gasteiger partial charge on any atom is 0.332 e. The molecule has 0 unspecified atom stereocenters. The molecule has 8 nitrogen and oxygen atoms in total. The molecule has 0 heterocycles. The molecular weight excluding hydrogens is 308 g/mol. The fourth-order valence-corrected chi connectivity index (χ4v) is 1.35. The minimum Gasteiger partial charge on any atom is -0.464 e. The summed E-state index contributed by atoms with van der Waals surface area (Å²) >= 11 is 0. The van der Waals surface area contributed by atoms with Crippen LogP contribution in [-0.2, 0) is 38.0 Å². The third-order valence-electron chi connectivity index (χ3n) is 2.32. The van der Waals surface area contributed by atoms with Gasteiger partial charge in [0.25, 0.3) is 0 Å². The van der Waals surface area contributed by atoms with E-state index in [1.54, 1.807) is 6.92 Å². The average Bonchev–Trinajstić information content (AvgIpc) is 2.51. The summed E-state index contributed by atoms with van der Waals surface area (Å²) < 4.78 is 30.6. The summed E-state index contributed by atoms with van der Waals surface area (Å²) in [4.78, 5) is 21.5. The number of carbonyl (C=O) groups excluding carboxylic acids is 2. The number of esters is 1. The summed E-state index contributed by atoms with van der Waals surface area (Å²) in [5, 5.41) is 0. The lowest BCUT2D eigenvalue weighted by molar-refractivity contribution is -0.149. The smallest absolute Gasteiger partial charge is 0.332 e. The zero-order valence-corrected chi connectivity index (χ0v) is 14.0. The predicted molar refractivity (Wildman–Crippen MR) is 81.4 cm³/mol. The highest BCUT2D eigenvalue weighted by Gasteiger charge is 2.00. The first-order chi connectivity index (χ1) is 11.2. The SMILES string of the molecule is CCOC(=O)COCCOCCOCCOCCOCC(C)=O. The van der Waals surface area contributed by atoms with Gasteiger partial charge in [-0.3, -0.25) is 4.79 Å². The molecule has 136 valence electrons. The molecule has 0 saturated carbocycles. The number of Topliss-reactive ketones (excluding diaryl/α,β-unsaturated/α-hetero) is 1. The Balaban J connectivity index is 3.05. The molecule has 23 heavy (non-hydrogen) atoms. The van der Waals surface area contributed by atoms with E-state index >= 15 is 0 Å². The molecule has 0 fully saturated rings. The molecule has 0 aromatic rings. The van der Waals surface area contributed by atoms with Gasteiger partial charge in [0.1, 0.15) is 13.2 Å². The molecule has 0 N–H and O–H groups in total. The van der Waals surface area contributed by atoms with Gasteiger partial charge >= 0.3 is 5.97 Å². The Bertz CT molecular complexity index is 295. The van der Waals surface area contributed by atoms with Crippen molar-refractivity contribution >= 4 is 11.8 Å². The molecule has 0 aliphatic carbocycles. The van der Waals surface area contributed by atoms with Crippen LogP contribution in [0.2, 0.25) is 0 Å². The van der Waals surface area contributed by atoms with Gasteiger partial charge in [0.2, 0.25) is 0 Å². The zero-order valence-electron chi connectivity index (χ0n) is 14.0. The van der Waals surface area contributed by atoms with E-state index in [0.29, 0.717) is 59.5 Å². The van der Waals surface area contributed by atoms with E-state index in [1.807, 2.05) is 0 Å². The van der Waals surface area contributed by atoms with Gasteiger partial charge in [-0.25, -0.2) is 4.79 Å². The van der Waals surface area contributed by atoms with Crippen LogP contribution in [0.1, 0.15) is 13.8 Å². The van der Waals surface area contributed by atoms with E-state index in [1.165, 1.54) is 6.92 Å². The Morgan fingerprint density at radius 2 is 1.04 bits per heavy atom. The largest absolute Gasteiger partial charge is 0.464 e. The molecule has 0 aliphatic rings. The molecule has 0 amide bonds. The van der Waals surface area contributed by atoms with Gasteiger partial charge < -0.3 is 28.4 Å². The Kier molecular flexibility index (Phi) is 16.5. The molecule has 0 spiro atoms. The topological polar surface area (TPSA) is 89.5 Å². The van der Waals surface area contributed by atoms with Gasteiger partial charge in [-0.15, -0.1) is 0 Å². The number of hydrogen-bond donors (Lipinski definition) is 0. The normalized spacial score (nSPS) is 10.7. The summed E-state index contributed by atoms with van der Waals surface area (Å²) in [5.41, 5.74) is 0. The van der Waals surface area contributed by atoms with Gasteiger partial charge in [-0.1, -0.05) is 0 Å². The molecule has 0 rings (SSSR count). The molecule has 0 bridgehead atoms. The molecule has 0 aromatic heterocycles. The number of ketones is 1. The second-order valence-corrected chi connectivity index (χ2v) is 4.45. The minimum absolute atomic E-state index is 0.000347. The Hall–Kier alpha value is -1.06. The van der Waals surface area contributed by atoms with Crippen molar-refractivity contribution in [3.05, 3.63) is 0 Å². The van der Waals surface area contributed by atoms with Crippen molar-refractivity contribution in [2.45, 2.75) is 13.8 Å². The van der Waals surface area contributed by atoms with Crippen molar-refractivity contribution in [3.8, 4) is 0 Å². The van der Waals surface area contributed by atoms with E-state index in [0.717, 1.165) is 0 Å². The monoisotopic (exact) mass is 336 g/mol. The van der Waals surface area contributed by atoms with Crippen molar-refractivity contribution in [1.29, 1.82) is 0 Å². The molecule has 0 aliphatic heterocycles. The van der Waals surface area contributed by atoms with E-state index in [-0.39, 0.29) is 25.0 Å². The second-order valence-electron chi connectivity index (χ2n) is 4.45. The minimum atomic E-state index is -0.373. The van der Waals surface area contributed by atoms with Crippen LogP contribution in [0.25, 0.3) is 0 Å². The highest BCUT2D eigenvalue weighted by atomic mass is 16.6. The number of carbonyl (C=O) groups is 2. The summed E-state index contributed by atoms with van der Waals surface area (Å²) in [6.07, 6.45) is 0. The van der Waals surface area contributed by atoms with Crippen LogP contribution < -0.4 is 0 Å². The third kappa shape index (κ3) is 18.9. The maximum atomic E-state index is 10.9. The lowest BCUT2D eigenvalue weighted by atomic mass is 10.5. The number of ether oxygens (including phenoxy) is 6. The van der Waals surface area contributed by atoms with Crippen molar-refractivity contribution in [2.75, 3.05) is 72.7 Å². The maximum absolute atomic E-state index is 10.9. The van der Waals surface area contributed by atoms with Gasteiger partial charge in [0, 0.05) is 0 Å². The van der Waals surface area contributed by atoms with Crippen molar-refractivity contribution in [2.24, 2.45) is 0 Å². The van der Waals surface area contributed by atoms with Crippen LogP contribution >= 0.6 is 0 Å². The van der Waals surface area contributed by atoms with E-state index in [4.69, 9.17) is 28.4 Å². The van der Waals surface area contributed by atoms with E-state index in [9.17, 15) is 9.59 Å². The van der Waals surface area contributed by atoms with Gasteiger partial charge in [0.05, 0.1) is 59.5 Å². The first-order valence-corrected chi connectivity index (χ1v) is 7.70. The van der Waals surface area contributed by atoms with Crippen LogP contribution in [-0.4, -0.2) is 84.4 Å². The van der Waals surface area contributed by atoms with Crippen LogP contribution in [0.3, 0.4) is 0 Å². The Labute approximate surface area is 137 Å². The summed E-state index contributed by atoms with van der Waals surface area (Å²) in [5.74, 6) is -0.373. The van der Waals surface area contributed by atoms with Crippen LogP contribution in [0.15, 0.2) is 0 Å². The quantitative estimate of drug-likeness (QED) is 0.275. The van der Waals surface area contributed by atoms with Crippen LogP contribution in [0.4, 0.5) is 0 Å². The van der Waals surface area contributed by atoms with Crippen molar-refractivity contribution < 1.29 is 38.0 Å². The van der Waals surface area contributed by atoms with Crippen LogP contribution in [0, 0.1) is 0 Å². The first-order valence-electron chi connectivity index (χ1n) is 7.70. The number of rotatable bonds is 17. The van der Waals surface area contributed by atoms with Crippen LogP contribution in [0.5, 0.6) is 0 Å². The highest BCUT2D eigenvalue weighted by Crippen LogP contribution is 1.85. The molecule has 0 radical (unpaired) electrons. The first kappa shape index (κ1) is 21.9. The molecule has 0 aromatic carbocycles. The number of hydrogen-bond acceptors (Lipinski definition) is 8. The lowest BCUT2D eigenvalue weighted by Gasteiger charge is -2.07. The standard InChI is InChI=1S/C15H28O8/c1-3-23-15(17)13-22-11-9-20-7-5-18-4-6-19-8-10-21-12-14(2)16/h3-13H2,1-2H3. The molecular formula is C15H28O8. The highest BCUT2D eigenvalue weighted by molar-refractivity contribution is 5.76. The zero-order chi connectivity index (χ0) is 17.2. The Morgan fingerprint density at radius 1 is 0.652 bits per heavy atom. The average molecular weight is 336 g/mol. The second kappa shape index (κ2) is 17.3. The predicted octanol–water partition coefficient (Wildman–Crippen LogP) is 0.222. The fraction of sp³-hybridized carbons (Fsp3) is 0.867. The van der Waals surface area contributed by atoms with E-state index < -0.39 is 0 Å². The summed E-state index contributed by atoms with van der Waals surface area (Å²) in [6, 6.07) is 0. The molecule has 0 saturated heterocycles. The summed E-state index contributed by atoms with van der Waals surface area (Å²) in [6.45, 7) is 7.05. The molecule has 8 heteroatoms. The third-order valence-corrected chi connectivity index (χ3v) is 2.32. The van der Waals surface area contributed by atoms with Gasteiger partial charge in [-0.05, 0) is 13.8 Å². The van der Waals surface area contributed by atoms with Crippen molar-refractivity contribution in [1.82, 2.24) is 0 Å². The Morgan fingerprint density at radius 3 is 1.43 bits per heavy atom. The van der Waals surface area contributed by atoms with E-state index in [2.05, 4.69) is 0 Å².